The van der Waals surface area contributed by atoms with Crippen molar-refractivity contribution in [3.63, 3.8) is 0 Å². The van der Waals surface area contributed by atoms with Crippen LogP contribution in [-0.4, -0.2) is 0 Å². The number of benzene rings is 1. The van der Waals surface area contributed by atoms with Crippen molar-refractivity contribution in [3.8, 4) is 0 Å². The molecule has 2 heterocycles. The van der Waals surface area contributed by atoms with E-state index in [1.54, 1.807) is 0 Å². The summed E-state index contributed by atoms with van der Waals surface area (Å²) in [4.78, 5) is 0. The second-order valence-corrected chi connectivity index (χ2v) is 6.46. The molecular weight excluding hydrogens is 196 g/mol. The molecule has 1 nitrogen and oxygen atoms in total. The standard InChI is InChI=1S/C15H20O/c1-13(2,3)15-10-9-14(4,16-15)11-7-5-6-8-12(11)15/h5-8H,9-10H2,1-4H3/t14-,15+/m1/s1. The van der Waals surface area contributed by atoms with Gasteiger partial charge in [-0.2, -0.15) is 0 Å². The Morgan fingerprint density at radius 3 is 2.31 bits per heavy atom. The van der Waals surface area contributed by atoms with Gasteiger partial charge in [0.15, 0.2) is 0 Å². The minimum atomic E-state index is -0.0572. The van der Waals surface area contributed by atoms with E-state index in [4.69, 9.17) is 4.74 Å². The number of hydrogen-bond acceptors (Lipinski definition) is 1. The summed E-state index contributed by atoms with van der Waals surface area (Å²) in [5.41, 5.74) is 2.91. The van der Waals surface area contributed by atoms with E-state index in [0.29, 0.717) is 0 Å². The molecule has 2 aliphatic rings. The van der Waals surface area contributed by atoms with Crippen LogP contribution in [0, 0.1) is 5.41 Å². The van der Waals surface area contributed by atoms with Crippen LogP contribution >= 0.6 is 0 Å². The molecule has 1 aromatic carbocycles. The van der Waals surface area contributed by atoms with Crippen molar-refractivity contribution >= 4 is 0 Å². The molecule has 0 radical (unpaired) electrons. The molecule has 1 heteroatoms. The molecule has 1 saturated heterocycles. The smallest absolute Gasteiger partial charge is 0.0996 e. The lowest BCUT2D eigenvalue weighted by atomic mass is 9.66. The van der Waals surface area contributed by atoms with Crippen molar-refractivity contribution in [1.82, 2.24) is 0 Å². The van der Waals surface area contributed by atoms with Crippen molar-refractivity contribution in [2.75, 3.05) is 0 Å². The van der Waals surface area contributed by atoms with Gasteiger partial charge in [0.25, 0.3) is 0 Å². The quantitative estimate of drug-likeness (QED) is 0.637. The second kappa shape index (κ2) is 2.70. The van der Waals surface area contributed by atoms with Gasteiger partial charge in [0.2, 0.25) is 0 Å². The van der Waals surface area contributed by atoms with Crippen LogP contribution in [0.5, 0.6) is 0 Å². The summed E-state index contributed by atoms with van der Waals surface area (Å²) in [6.45, 7) is 9.12. The first-order valence-corrected chi connectivity index (χ1v) is 6.19. The summed E-state index contributed by atoms with van der Waals surface area (Å²) in [5, 5.41) is 0. The molecule has 86 valence electrons. The maximum absolute atomic E-state index is 6.48. The largest absolute Gasteiger partial charge is 0.359 e. The Morgan fingerprint density at radius 1 is 1.06 bits per heavy atom. The lowest BCUT2D eigenvalue weighted by Crippen LogP contribution is -2.37. The van der Waals surface area contributed by atoms with Crippen LogP contribution in [0.1, 0.15) is 51.7 Å². The highest BCUT2D eigenvalue weighted by Gasteiger charge is 2.61. The maximum Gasteiger partial charge on any atom is 0.0996 e. The van der Waals surface area contributed by atoms with Gasteiger partial charge in [0.1, 0.15) is 0 Å². The first kappa shape index (κ1) is 10.3. The highest BCUT2D eigenvalue weighted by molar-refractivity contribution is 5.45. The zero-order chi connectivity index (χ0) is 11.6. The van der Waals surface area contributed by atoms with Crippen LogP contribution in [0.15, 0.2) is 24.3 Å². The van der Waals surface area contributed by atoms with Gasteiger partial charge in [0.05, 0.1) is 11.2 Å². The molecule has 16 heavy (non-hydrogen) atoms. The zero-order valence-corrected chi connectivity index (χ0v) is 10.6. The van der Waals surface area contributed by atoms with E-state index in [1.165, 1.54) is 11.1 Å². The number of hydrogen-bond donors (Lipinski definition) is 0. The second-order valence-electron chi connectivity index (χ2n) is 6.46. The molecule has 2 bridgehead atoms. The highest BCUT2D eigenvalue weighted by atomic mass is 16.5. The van der Waals surface area contributed by atoms with Crippen LogP contribution in [-0.2, 0) is 15.9 Å². The van der Waals surface area contributed by atoms with Gasteiger partial charge in [-0.3, -0.25) is 0 Å². The SMILES string of the molecule is CC(C)(C)[C@@]12CC[C@@](C)(O1)c1ccccc12. The molecule has 0 aromatic heterocycles. The molecule has 0 saturated carbocycles. The van der Waals surface area contributed by atoms with Crippen molar-refractivity contribution in [1.29, 1.82) is 0 Å². The summed E-state index contributed by atoms with van der Waals surface area (Å²) in [6.07, 6.45) is 2.31. The van der Waals surface area contributed by atoms with Crippen molar-refractivity contribution in [2.45, 2.75) is 51.7 Å². The van der Waals surface area contributed by atoms with Gasteiger partial charge >= 0.3 is 0 Å². The third-order valence-corrected chi connectivity index (χ3v) is 4.50. The fraction of sp³-hybridized carbons (Fsp3) is 0.600. The Kier molecular flexibility index (Phi) is 1.75. The summed E-state index contributed by atoms with van der Waals surface area (Å²) in [6, 6.07) is 8.76. The number of rotatable bonds is 0. The summed E-state index contributed by atoms with van der Waals surface area (Å²) < 4.78 is 6.48. The molecule has 0 amide bonds. The van der Waals surface area contributed by atoms with E-state index < -0.39 is 0 Å². The average molecular weight is 216 g/mol. The topological polar surface area (TPSA) is 9.23 Å². The third kappa shape index (κ3) is 1.00. The maximum atomic E-state index is 6.48. The Morgan fingerprint density at radius 2 is 1.69 bits per heavy atom. The van der Waals surface area contributed by atoms with Gasteiger partial charge in [0, 0.05) is 0 Å². The fourth-order valence-corrected chi connectivity index (χ4v) is 3.51. The molecule has 1 aromatic rings. The first-order chi connectivity index (χ1) is 7.39. The van der Waals surface area contributed by atoms with Crippen LogP contribution < -0.4 is 0 Å². The number of fused-ring (bicyclic) bond motifs is 5. The van der Waals surface area contributed by atoms with Crippen molar-refractivity contribution in [2.24, 2.45) is 5.41 Å². The molecule has 0 spiro atoms. The lowest BCUT2D eigenvalue weighted by molar-refractivity contribution is -0.133. The lowest BCUT2D eigenvalue weighted by Gasteiger charge is -2.39. The van der Waals surface area contributed by atoms with E-state index in [9.17, 15) is 0 Å². The van der Waals surface area contributed by atoms with Crippen molar-refractivity contribution in [3.05, 3.63) is 35.4 Å². The van der Waals surface area contributed by atoms with E-state index in [2.05, 4.69) is 52.0 Å². The van der Waals surface area contributed by atoms with Crippen LogP contribution in [0.25, 0.3) is 0 Å². The fourth-order valence-electron chi connectivity index (χ4n) is 3.51. The van der Waals surface area contributed by atoms with E-state index >= 15 is 0 Å². The van der Waals surface area contributed by atoms with Gasteiger partial charge in [-0.1, -0.05) is 45.0 Å². The summed E-state index contributed by atoms with van der Waals surface area (Å²) in [5.74, 6) is 0. The van der Waals surface area contributed by atoms with Crippen LogP contribution in [0.2, 0.25) is 0 Å². The normalized spacial score (nSPS) is 36.5. The predicted molar refractivity (Wildman–Crippen MR) is 65.2 cm³/mol. The van der Waals surface area contributed by atoms with Gasteiger partial charge in [-0.05, 0) is 36.3 Å². The summed E-state index contributed by atoms with van der Waals surface area (Å²) in [7, 11) is 0. The van der Waals surface area contributed by atoms with E-state index in [1.807, 2.05) is 0 Å². The van der Waals surface area contributed by atoms with E-state index in [-0.39, 0.29) is 16.6 Å². The average Bonchev–Trinajstić information content (AvgIpc) is 2.69. The third-order valence-electron chi connectivity index (χ3n) is 4.50. The zero-order valence-electron chi connectivity index (χ0n) is 10.6. The number of ether oxygens (including phenoxy) is 1. The predicted octanol–water partition coefficient (Wildman–Crippen LogP) is 3.97. The molecule has 1 fully saturated rings. The Balaban J connectivity index is 2.27. The van der Waals surface area contributed by atoms with Gasteiger partial charge in [-0.25, -0.2) is 0 Å². The molecule has 0 N–H and O–H groups in total. The van der Waals surface area contributed by atoms with E-state index in [0.717, 1.165) is 12.8 Å². The first-order valence-electron chi connectivity index (χ1n) is 6.19. The van der Waals surface area contributed by atoms with Crippen LogP contribution in [0.3, 0.4) is 0 Å². The minimum Gasteiger partial charge on any atom is -0.359 e. The highest BCUT2D eigenvalue weighted by Crippen LogP contribution is 2.64. The minimum absolute atomic E-state index is 0.0378. The Bertz CT molecular complexity index is 443. The molecule has 0 aliphatic carbocycles. The Labute approximate surface area is 97.8 Å². The Hall–Kier alpha value is -0.820. The van der Waals surface area contributed by atoms with Gasteiger partial charge < -0.3 is 4.74 Å². The van der Waals surface area contributed by atoms with Crippen LogP contribution in [0.4, 0.5) is 0 Å². The molecule has 2 atom stereocenters. The molecule has 3 rings (SSSR count). The summed E-state index contributed by atoms with van der Waals surface area (Å²) >= 11 is 0. The molecule has 0 unspecified atom stereocenters. The van der Waals surface area contributed by atoms with Gasteiger partial charge in [-0.15, -0.1) is 0 Å². The molecular formula is C15H20O. The monoisotopic (exact) mass is 216 g/mol. The van der Waals surface area contributed by atoms with Crippen molar-refractivity contribution < 1.29 is 4.74 Å². The molecule has 2 aliphatic heterocycles.